The number of Topliss-reactive ketones (excluding diaryl/α,β-unsaturated/α-hetero) is 1. The molecule has 6 nitrogen and oxygen atoms in total. The summed E-state index contributed by atoms with van der Waals surface area (Å²) in [5, 5.41) is 9.65. The zero-order valence-electron chi connectivity index (χ0n) is 15.8. The summed E-state index contributed by atoms with van der Waals surface area (Å²) in [5.41, 5.74) is 4.50. The highest BCUT2D eigenvalue weighted by Gasteiger charge is 2.52. The Kier molecular flexibility index (Phi) is 4.15. The molecular formula is C23H21NO5. The number of amides is 1. The van der Waals surface area contributed by atoms with Gasteiger partial charge in [0.05, 0.1) is 0 Å². The van der Waals surface area contributed by atoms with E-state index in [0.717, 1.165) is 22.3 Å². The van der Waals surface area contributed by atoms with Gasteiger partial charge in [0.2, 0.25) is 0 Å². The summed E-state index contributed by atoms with van der Waals surface area (Å²) in [5.74, 6) is -1.44. The van der Waals surface area contributed by atoms with Gasteiger partial charge in [-0.25, -0.2) is 9.59 Å². The molecule has 1 heterocycles. The second-order valence-electron chi connectivity index (χ2n) is 8.11. The second kappa shape index (κ2) is 6.72. The molecule has 1 N–H and O–H groups in total. The fourth-order valence-corrected chi connectivity index (χ4v) is 5.30. The zero-order chi connectivity index (χ0) is 20.1. The first-order valence-electron chi connectivity index (χ1n) is 9.90. The molecule has 1 saturated carbocycles. The Bertz CT molecular complexity index is 970. The quantitative estimate of drug-likeness (QED) is 0.868. The molecule has 29 heavy (non-hydrogen) atoms. The van der Waals surface area contributed by atoms with Gasteiger partial charge >= 0.3 is 12.1 Å². The van der Waals surface area contributed by atoms with Gasteiger partial charge in [-0.15, -0.1) is 0 Å². The Morgan fingerprint density at radius 3 is 2.24 bits per heavy atom. The highest BCUT2D eigenvalue weighted by molar-refractivity contribution is 5.87. The van der Waals surface area contributed by atoms with Gasteiger partial charge in [0.15, 0.2) is 0 Å². The summed E-state index contributed by atoms with van der Waals surface area (Å²) in [6.45, 7) is 0.425. The van der Waals surface area contributed by atoms with Crippen molar-refractivity contribution in [2.75, 3.05) is 13.2 Å². The molecule has 3 aliphatic rings. The van der Waals surface area contributed by atoms with E-state index in [-0.39, 0.29) is 43.1 Å². The fraction of sp³-hybridized carbons (Fsp3) is 0.348. The van der Waals surface area contributed by atoms with Crippen molar-refractivity contribution in [3.63, 3.8) is 0 Å². The number of fused-ring (bicyclic) bond motifs is 4. The van der Waals surface area contributed by atoms with E-state index in [9.17, 15) is 19.5 Å². The molecule has 1 aliphatic heterocycles. The van der Waals surface area contributed by atoms with Gasteiger partial charge in [0.1, 0.15) is 18.4 Å². The van der Waals surface area contributed by atoms with Crippen LogP contribution < -0.4 is 0 Å². The van der Waals surface area contributed by atoms with Crippen LogP contribution in [0.2, 0.25) is 0 Å². The summed E-state index contributed by atoms with van der Waals surface area (Å²) in [6, 6.07) is 15.2. The number of rotatable bonds is 3. The second-order valence-corrected chi connectivity index (χ2v) is 8.11. The van der Waals surface area contributed by atoms with Crippen LogP contribution in [0.1, 0.15) is 29.9 Å². The van der Waals surface area contributed by atoms with E-state index in [2.05, 4.69) is 12.1 Å². The maximum absolute atomic E-state index is 12.8. The molecule has 0 bridgehead atoms. The summed E-state index contributed by atoms with van der Waals surface area (Å²) < 4.78 is 5.63. The predicted octanol–water partition coefficient (Wildman–Crippen LogP) is 3.30. The van der Waals surface area contributed by atoms with Crippen molar-refractivity contribution in [2.45, 2.75) is 24.8 Å². The van der Waals surface area contributed by atoms with Gasteiger partial charge in [-0.3, -0.25) is 9.69 Å². The van der Waals surface area contributed by atoms with Crippen LogP contribution in [0.25, 0.3) is 11.1 Å². The van der Waals surface area contributed by atoms with E-state index in [1.807, 2.05) is 36.4 Å². The molecule has 0 aromatic heterocycles. The Morgan fingerprint density at radius 2 is 1.62 bits per heavy atom. The maximum Gasteiger partial charge on any atom is 0.410 e. The van der Waals surface area contributed by atoms with Gasteiger partial charge in [0, 0.05) is 31.2 Å². The minimum absolute atomic E-state index is 0.0710. The topological polar surface area (TPSA) is 83.9 Å². The van der Waals surface area contributed by atoms with Crippen LogP contribution in [0, 0.1) is 11.8 Å². The first-order valence-corrected chi connectivity index (χ1v) is 9.90. The molecule has 6 heteroatoms. The van der Waals surface area contributed by atoms with Gasteiger partial charge in [0.25, 0.3) is 0 Å². The Labute approximate surface area is 168 Å². The molecule has 0 unspecified atom stereocenters. The maximum atomic E-state index is 12.8. The van der Waals surface area contributed by atoms with Gasteiger partial charge < -0.3 is 9.84 Å². The van der Waals surface area contributed by atoms with Crippen LogP contribution in [-0.4, -0.2) is 47.0 Å². The SMILES string of the molecule is O=C1C[C@@H]2CN(C(=O)OCC3c4ccccc4-c4ccccc43)[C@@H](C(=O)O)[C@H]2C1. The third-order valence-corrected chi connectivity index (χ3v) is 6.55. The third kappa shape index (κ3) is 2.82. The van der Waals surface area contributed by atoms with E-state index in [1.54, 1.807) is 0 Å². The lowest BCUT2D eigenvalue weighted by atomic mass is 9.94. The monoisotopic (exact) mass is 391 g/mol. The number of ether oxygens (including phenoxy) is 1. The van der Waals surface area contributed by atoms with Gasteiger partial charge in [-0.1, -0.05) is 48.5 Å². The Hall–Kier alpha value is -3.15. The molecule has 2 aromatic rings. The molecule has 2 fully saturated rings. The lowest BCUT2D eigenvalue weighted by Crippen LogP contribution is -2.44. The first-order chi connectivity index (χ1) is 14.0. The number of carboxylic acid groups (broad SMARTS) is 1. The lowest BCUT2D eigenvalue weighted by molar-refractivity contribution is -0.143. The van der Waals surface area contributed by atoms with Crippen LogP contribution in [0.5, 0.6) is 0 Å². The van der Waals surface area contributed by atoms with Gasteiger partial charge in [-0.2, -0.15) is 0 Å². The molecule has 2 aromatic carbocycles. The third-order valence-electron chi connectivity index (χ3n) is 6.55. The Morgan fingerprint density at radius 1 is 1.00 bits per heavy atom. The Balaban J connectivity index is 1.35. The highest BCUT2D eigenvalue weighted by Crippen LogP contribution is 2.45. The standard InChI is InChI=1S/C23H21NO5/c25-14-9-13-11-24(21(22(26)27)19(13)10-14)23(28)29-12-20-17-7-3-1-5-15(17)16-6-2-4-8-18(16)20/h1-8,13,19-21H,9-12H2,(H,26,27)/t13-,19+,21-/m1/s1. The molecule has 2 aliphatic carbocycles. The molecule has 0 spiro atoms. The van der Waals surface area contributed by atoms with Crippen LogP contribution in [0.4, 0.5) is 4.79 Å². The predicted molar refractivity (Wildman–Crippen MR) is 104 cm³/mol. The van der Waals surface area contributed by atoms with E-state index in [1.165, 1.54) is 4.90 Å². The molecule has 0 radical (unpaired) electrons. The van der Waals surface area contributed by atoms with Crippen molar-refractivity contribution in [3.8, 4) is 11.1 Å². The summed E-state index contributed by atoms with van der Waals surface area (Å²) in [4.78, 5) is 37.6. The minimum atomic E-state index is -1.07. The van der Waals surface area contributed by atoms with Crippen LogP contribution in [0.15, 0.2) is 48.5 Å². The average molecular weight is 391 g/mol. The highest BCUT2D eigenvalue weighted by atomic mass is 16.6. The van der Waals surface area contributed by atoms with E-state index in [0.29, 0.717) is 6.42 Å². The number of hydrogen-bond donors (Lipinski definition) is 1. The number of hydrogen-bond acceptors (Lipinski definition) is 4. The molecule has 1 amide bonds. The van der Waals surface area contributed by atoms with Gasteiger partial charge in [-0.05, 0) is 28.2 Å². The molecule has 5 rings (SSSR count). The number of aliphatic carboxylic acids is 1. The van der Waals surface area contributed by atoms with Crippen molar-refractivity contribution in [1.29, 1.82) is 0 Å². The number of carboxylic acids is 1. The smallest absolute Gasteiger partial charge is 0.410 e. The largest absolute Gasteiger partial charge is 0.480 e. The normalized spacial score (nSPS) is 24.9. The van der Waals surface area contributed by atoms with Crippen molar-refractivity contribution in [3.05, 3.63) is 59.7 Å². The van der Waals surface area contributed by atoms with Crippen molar-refractivity contribution in [1.82, 2.24) is 4.90 Å². The number of ketones is 1. The van der Waals surface area contributed by atoms with Crippen LogP contribution in [-0.2, 0) is 14.3 Å². The van der Waals surface area contributed by atoms with Crippen molar-refractivity contribution >= 4 is 17.8 Å². The number of nitrogens with zero attached hydrogens (tertiary/aromatic N) is 1. The summed E-state index contributed by atoms with van der Waals surface area (Å²) in [7, 11) is 0. The molecule has 148 valence electrons. The number of likely N-dealkylation sites (tertiary alicyclic amines) is 1. The zero-order valence-corrected chi connectivity index (χ0v) is 15.8. The van der Waals surface area contributed by atoms with Crippen molar-refractivity contribution in [2.24, 2.45) is 11.8 Å². The average Bonchev–Trinajstić information content (AvgIpc) is 3.34. The number of carbonyl (C=O) groups is 3. The van der Waals surface area contributed by atoms with E-state index >= 15 is 0 Å². The molecule has 3 atom stereocenters. The molecule has 1 saturated heterocycles. The summed E-state index contributed by atoms with van der Waals surface area (Å²) in [6.07, 6.45) is -0.0303. The fourth-order valence-electron chi connectivity index (χ4n) is 5.30. The number of benzene rings is 2. The number of carbonyl (C=O) groups excluding carboxylic acids is 2. The first kappa shape index (κ1) is 17.9. The van der Waals surface area contributed by atoms with Crippen molar-refractivity contribution < 1.29 is 24.2 Å². The minimum Gasteiger partial charge on any atom is -0.480 e. The van der Waals surface area contributed by atoms with E-state index in [4.69, 9.17) is 4.74 Å². The van der Waals surface area contributed by atoms with Crippen LogP contribution >= 0.6 is 0 Å². The molecular weight excluding hydrogens is 370 g/mol. The summed E-state index contributed by atoms with van der Waals surface area (Å²) >= 11 is 0. The lowest BCUT2D eigenvalue weighted by Gasteiger charge is -2.24. The van der Waals surface area contributed by atoms with Crippen LogP contribution in [0.3, 0.4) is 0 Å². The van der Waals surface area contributed by atoms with E-state index < -0.39 is 18.1 Å².